The number of nitrogens with two attached hydrogens (primary N) is 1. The molecular formula is C12H10F3N3. The molecule has 0 spiro atoms. The van der Waals surface area contributed by atoms with Crippen molar-refractivity contribution >= 4 is 5.82 Å². The van der Waals surface area contributed by atoms with Crippen LogP contribution in [-0.2, 0) is 12.8 Å². The van der Waals surface area contributed by atoms with E-state index in [1.807, 2.05) is 0 Å². The van der Waals surface area contributed by atoms with E-state index in [0.29, 0.717) is 18.3 Å². The van der Waals surface area contributed by atoms with Gasteiger partial charge < -0.3 is 5.73 Å². The van der Waals surface area contributed by atoms with Gasteiger partial charge in [-0.05, 0) is 19.3 Å². The molecule has 1 aliphatic rings. The van der Waals surface area contributed by atoms with Crippen molar-refractivity contribution < 1.29 is 13.2 Å². The van der Waals surface area contributed by atoms with Gasteiger partial charge >= 0.3 is 0 Å². The largest absolute Gasteiger partial charge is 0.382 e. The minimum absolute atomic E-state index is 0.108. The topological polar surface area (TPSA) is 43.8 Å². The summed E-state index contributed by atoms with van der Waals surface area (Å²) in [6.45, 7) is 0. The van der Waals surface area contributed by atoms with E-state index < -0.39 is 17.5 Å². The molecule has 1 aromatic carbocycles. The van der Waals surface area contributed by atoms with Crippen molar-refractivity contribution in [2.45, 2.75) is 19.3 Å². The fourth-order valence-corrected chi connectivity index (χ4v) is 2.34. The van der Waals surface area contributed by atoms with Crippen LogP contribution in [-0.4, -0.2) is 9.78 Å². The number of rotatable bonds is 1. The van der Waals surface area contributed by atoms with Crippen LogP contribution in [0.5, 0.6) is 0 Å². The number of hydrogen-bond acceptors (Lipinski definition) is 2. The van der Waals surface area contributed by atoms with Crippen molar-refractivity contribution in [1.29, 1.82) is 0 Å². The third-order valence-corrected chi connectivity index (χ3v) is 3.18. The highest BCUT2D eigenvalue weighted by Crippen LogP contribution is 2.30. The average molecular weight is 253 g/mol. The highest BCUT2D eigenvalue weighted by atomic mass is 19.2. The summed E-state index contributed by atoms with van der Waals surface area (Å²) in [5.74, 6) is -2.85. The van der Waals surface area contributed by atoms with Gasteiger partial charge in [0.05, 0.1) is 0 Å². The van der Waals surface area contributed by atoms with Gasteiger partial charge in [0.15, 0.2) is 17.5 Å². The first-order chi connectivity index (χ1) is 8.58. The number of nitrogens with zero attached hydrogens (tertiary/aromatic N) is 2. The maximum Gasteiger partial charge on any atom is 0.161 e. The maximum absolute atomic E-state index is 13.7. The fraction of sp³-hybridized carbons (Fsp3) is 0.250. The lowest BCUT2D eigenvalue weighted by molar-refractivity contribution is 0.491. The monoisotopic (exact) mass is 253 g/mol. The van der Waals surface area contributed by atoms with Crippen molar-refractivity contribution in [2.75, 3.05) is 5.73 Å². The lowest BCUT2D eigenvalue weighted by atomic mass is 10.2. The highest BCUT2D eigenvalue weighted by Gasteiger charge is 2.23. The number of nitrogen functional groups attached to an aromatic ring is 1. The number of halogens is 3. The molecule has 0 saturated carbocycles. The Hall–Kier alpha value is -1.98. The molecule has 0 unspecified atom stereocenters. The summed E-state index contributed by atoms with van der Waals surface area (Å²) < 4.78 is 41.0. The number of aromatic nitrogens is 2. The van der Waals surface area contributed by atoms with Crippen LogP contribution in [0.4, 0.5) is 19.0 Å². The molecular weight excluding hydrogens is 243 g/mol. The summed E-state index contributed by atoms with van der Waals surface area (Å²) in [4.78, 5) is 0. The summed E-state index contributed by atoms with van der Waals surface area (Å²) >= 11 is 0. The summed E-state index contributed by atoms with van der Waals surface area (Å²) in [5.41, 5.74) is 7.27. The lowest BCUT2D eigenvalue weighted by Gasteiger charge is -2.07. The molecule has 18 heavy (non-hydrogen) atoms. The van der Waals surface area contributed by atoms with Crippen LogP contribution in [0.15, 0.2) is 12.1 Å². The van der Waals surface area contributed by atoms with Gasteiger partial charge in [-0.3, -0.25) is 0 Å². The van der Waals surface area contributed by atoms with E-state index in [1.54, 1.807) is 0 Å². The van der Waals surface area contributed by atoms with Gasteiger partial charge in [0, 0.05) is 23.4 Å². The first kappa shape index (κ1) is 11.1. The molecule has 3 rings (SSSR count). The number of anilines is 1. The third-order valence-electron chi connectivity index (χ3n) is 3.18. The summed E-state index contributed by atoms with van der Waals surface area (Å²) in [5, 5.41) is 4.00. The Kier molecular flexibility index (Phi) is 2.33. The van der Waals surface area contributed by atoms with Crippen molar-refractivity contribution in [3.63, 3.8) is 0 Å². The highest BCUT2D eigenvalue weighted by molar-refractivity contribution is 5.49. The summed E-state index contributed by atoms with van der Waals surface area (Å²) in [7, 11) is 0. The van der Waals surface area contributed by atoms with E-state index in [9.17, 15) is 13.2 Å². The molecule has 0 aliphatic heterocycles. The van der Waals surface area contributed by atoms with E-state index >= 15 is 0 Å². The Labute approximate surface area is 101 Å². The second-order valence-electron chi connectivity index (χ2n) is 4.29. The Morgan fingerprint density at radius 2 is 1.78 bits per heavy atom. The average Bonchev–Trinajstić information content (AvgIpc) is 2.89. The minimum atomic E-state index is -1.21. The molecule has 1 aromatic heterocycles. The number of benzene rings is 1. The molecule has 2 N–H and O–H groups in total. The van der Waals surface area contributed by atoms with Gasteiger partial charge in [-0.1, -0.05) is 0 Å². The molecule has 6 heteroatoms. The van der Waals surface area contributed by atoms with E-state index in [4.69, 9.17) is 5.73 Å². The number of fused-ring (bicyclic) bond motifs is 1. The van der Waals surface area contributed by atoms with Crippen LogP contribution in [0.2, 0.25) is 0 Å². The van der Waals surface area contributed by atoms with Crippen LogP contribution in [0.3, 0.4) is 0 Å². The van der Waals surface area contributed by atoms with Crippen LogP contribution >= 0.6 is 0 Å². The molecule has 0 amide bonds. The van der Waals surface area contributed by atoms with Gasteiger partial charge in [-0.25, -0.2) is 17.9 Å². The zero-order chi connectivity index (χ0) is 12.9. The predicted molar refractivity (Wildman–Crippen MR) is 59.9 cm³/mol. The van der Waals surface area contributed by atoms with E-state index in [1.165, 1.54) is 4.68 Å². The minimum Gasteiger partial charge on any atom is -0.382 e. The SMILES string of the molecule is Nc1nn(-c2cc(F)c(F)cc2F)c2c1CCC2. The molecule has 0 fully saturated rings. The van der Waals surface area contributed by atoms with E-state index in [2.05, 4.69) is 5.10 Å². The molecule has 0 bridgehead atoms. The molecule has 0 atom stereocenters. The fourth-order valence-electron chi connectivity index (χ4n) is 2.34. The van der Waals surface area contributed by atoms with Gasteiger partial charge in [-0.2, -0.15) is 5.10 Å². The zero-order valence-electron chi connectivity index (χ0n) is 9.38. The molecule has 1 heterocycles. The lowest BCUT2D eigenvalue weighted by Crippen LogP contribution is -2.06. The van der Waals surface area contributed by atoms with Crippen molar-refractivity contribution in [1.82, 2.24) is 9.78 Å². The Balaban J connectivity index is 2.22. The van der Waals surface area contributed by atoms with E-state index in [0.717, 1.165) is 30.2 Å². The summed E-state index contributed by atoms with van der Waals surface area (Å²) in [6, 6.07) is 1.32. The predicted octanol–water partition coefficient (Wildman–Crippen LogP) is 2.36. The second-order valence-corrected chi connectivity index (χ2v) is 4.29. The molecule has 0 saturated heterocycles. The summed E-state index contributed by atoms with van der Waals surface area (Å²) in [6.07, 6.45) is 2.40. The first-order valence-electron chi connectivity index (χ1n) is 5.59. The quantitative estimate of drug-likeness (QED) is 0.793. The third kappa shape index (κ3) is 1.48. The second kappa shape index (κ2) is 3.76. The van der Waals surface area contributed by atoms with Crippen molar-refractivity contribution in [3.8, 4) is 5.69 Å². The molecule has 3 nitrogen and oxygen atoms in total. The van der Waals surface area contributed by atoms with Gasteiger partial charge in [0.1, 0.15) is 11.5 Å². The zero-order valence-corrected chi connectivity index (χ0v) is 9.38. The Bertz CT molecular complexity index is 634. The van der Waals surface area contributed by atoms with Crippen LogP contribution in [0.1, 0.15) is 17.7 Å². The van der Waals surface area contributed by atoms with E-state index in [-0.39, 0.29) is 5.69 Å². The number of hydrogen-bond donors (Lipinski definition) is 1. The molecule has 0 radical (unpaired) electrons. The smallest absolute Gasteiger partial charge is 0.161 e. The van der Waals surface area contributed by atoms with Crippen LogP contribution < -0.4 is 5.73 Å². The van der Waals surface area contributed by atoms with Crippen molar-refractivity contribution in [2.24, 2.45) is 0 Å². The Morgan fingerprint density at radius 1 is 1.06 bits per heavy atom. The van der Waals surface area contributed by atoms with Crippen molar-refractivity contribution in [3.05, 3.63) is 40.8 Å². The van der Waals surface area contributed by atoms with Gasteiger partial charge in [0.25, 0.3) is 0 Å². The van der Waals surface area contributed by atoms with Crippen LogP contribution in [0.25, 0.3) is 5.69 Å². The van der Waals surface area contributed by atoms with Gasteiger partial charge in [0.2, 0.25) is 0 Å². The molecule has 1 aliphatic carbocycles. The van der Waals surface area contributed by atoms with Crippen LogP contribution in [0, 0.1) is 17.5 Å². The standard InChI is InChI=1S/C12H10F3N3/c13-7-4-9(15)11(5-8(7)14)18-10-3-1-2-6(10)12(16)17-18/h4-5H,1-3H2,(H2,16,17). The maximum atomic E-state index is 13.7. The Morgan fingerprint density at radius 3 is 2.56 bits per heavy atom. The molecule has 2 aromatic rings. The molecule has 94 valence electrons. The van der Waals surface area contributed by atoms with Gasteiger partial charge in [-0.15, -0.1) is 0 Å². The first-order valence-corrected chi connectivity index (χ1v) is 5.59. The normalized spacial score (nSPS) is 13.9.